The number of furan rings is 1. The molecule has 72 valence electrons. The molecule has 1 rings (SSSR count). The lowest BCUT2D eigenvalue weighted by Crippen LogP contribution is -1.92. The fourth-order valence-corrected chi connectivity index (χ4v) is 1.27. The molecule has 0 fully saturated rings. The van der Waals surface area contributed by atoms with Crippen molar-refractivity contribution in [1.82, 2.24) is 0 Å². The zero-order valence-corrected chi connectivity index (χ0v) is 7.75. The largest absolute Gasteiger partial charge is 0.466 e. The van der Waals surface area contributed by atoms with Gasteiger partial charge in [0.25, 0.3) is 0 Å². The molecule has 0 aromatic carbocycles. The van der Waals surface area contributed by atoms with Gasteiger partial charge in [-0.1, -0.05) is 13.3 Å². The van der Waals surface area contributed by atoms with E-state index in [2.05, 4.69) is 6.92 Å². The Bertz CT molecular complexity index is 276. The quantitative estimate of drug-likeness (QED) is 0.708. The SMILES string of the molecule is CCCCc1coc(CO)c1C=O. The van der Waals surface area contributed by atoms with Gasteiger partial charge in [-0.2, -0.15) is 0 Å². The summed E-state index contributed by atoms with van der Waals surface area (Å²) in [6.45, 7) is 1.88. The highest BCUT2D eigenvalue weighted by molar-refractivity contribution is 5.78. The smallest absolute Gasteiger partial charge is 0.153 e. The van der Waals surface area contributed by atoms with Crippen LogP contribution in [0.25, 0.3) is 0 Å². The Labute approximate surface area is 77.4 Å². The van der Waals surface area contributed by atoms with Crippen LogP contribution in [0.1, 0.15) is 41.4 Å². The van der Waals surface area contributed by atoms with Crippen LogP contribution >= 0.6 is 0 Å². The lowest BCUT2D eigenvalue weighted by molar-refractivity contribution is 0.111. The summed E-state index contributed by atoms with van der Waals surface area (Å²) < 4.78 is 5.05. The zero-order valence-electron chi connectivity index (χ0n) is 7.75. The topological polar surface area (TPSA) is 50.4 Å². The van der Waals surface area contributed by atoms with Gasteiger partial charge in [-0.25, -0.2) is 0 Å². The lowest BCUT2D eigenvalue weighted by Gasteiger charge is -1.95. The maximum absolute atomic E-state index is 10.7. The van der Waals surface area contributed by atoms with E-state index in [4.69, 9.17) is 9.52 Å². The fourth-order valence-electron chi connectivity index (χ4n) is 1.27. The standard InChI is InChI=1S/C10H14O3/c1-2-3-4-8-7-13-10(6-12)9(8)5-11/h5,7,12H,2-4,6H2,1H3. The van der Waals surface area contributed by atoms with Gasteiger partial charge in [-0.15, -0.1) is 0 Å². The van der Waals surface area contributed by atoms with Crippen LogP contribution in [0.4, 0.5) is 0 Å². The molecule has 13 heavy (non-hydrogen) atoms. The van der Waals surface area contributed by atoms with Crippen molar-refractivity contribution < 1.29 is 14.3 Å². The molecule has 0 bridgehead atoms. The van der Waals surface area contributed by atoms with Gasteiger partial charge in [-0.3, -0.25) is 4.79 Å². The Morgan fingerprint density at radius 2 is 2.38 bits per heavy atom. The van der Waals surface area contributed by atoms with Gasteiger partial charge in [0, 0.05) is 5.56 Å². The summed E-state index contributed by atoms with van der Waals surface area (Å²) in [6, 6.07) is 0. The van der Waals surface area contributed by atoms with E-state index < -0.39 is 0 Å². The summed E-state index contributed by atoms with van der Waals surface area (Å²) in [4.78, 5) is 10.7. The van der Waals surface area contributed by atoms with Crippen LogP contribution in [0.5, 0.6) is 0 Å². The van der Waals surface area contributed by atoms with E-state index in [-0.39, 0.29) is 6.61 Å². The van der Waals surface area contributed by atoms with Crippen molar-refractivity contribution >= 4 is 6.29 Å². The molecule has 0 amide bonds. The van der Waals surface area contributed by atoms with Crippen LogP contribution < -0.4 is 0 Å². The average molecular weight is 182 g/mol. The molecular formula is C10H14O3. The van der Waals surface area contributed by atoms with Gasteiger partial charge in [0.2, 0.25) is 0 Å². The second-order valence-electron chi connectivity index (χ2n) is 2.98. The van der Waals surface area contributed by atoms with Crippen LogP contribution in [-0.4, -0.2) is 11.4 Å². The first-order chi connectivity index (χ1) is 6.33. The van der Waals surface area contributed by atoms with Gasteiger partial charge in [0.15, 0.2) is 6.29 Å². The highest BCUT2D eigenvalue weighted by Gasteiger charge is 2.10. The predicted octanol–water partition coefficient (Wildman–Crippen LogP) is 1.93. The minimum atomic E-state index is -0.208. The van der Waals surface area contributed by atoms with E-state index in [9.17, 15) is 4.79 Å². The molecule has 0 saturated carbocycles. The van der Waals surface area contributed by atoms with Gasteiger partial charge in [-0.05, 0) is 12.8 Å². The molecule has 1 N–H and O–H groups in total. The Morgan fingerprint density at radius 3 is 2.92 bits per heavy atom. The summed E-state index contributed by atoms with van der Waals surface area (Å²) in [5, 5.41) is 8.84. The monoisotopic (exact) mass is 182 g/mol. The molecule has 0 radical (unpaired) electrons. The summed E-state index contributed by atoms with van der Waals surface area (Å²) in [7, 11) is 0. The maximum atomic E-state index is 10.7. The number of aliphatic hydroxyl groups excluding tert-OH is 1. The van der Waals surface area contributed by atoms with Crippen molar-refractivity contribution in [3.8, 4) is 0 Å². The third-order valence-corrected chi connectivity index (χ3v) is 2.05. The zero-order chi connectivity index (χ0) is 9.68. The Hall–Kier alpha value is -1.09. The van der Waals surface area contributed by atoms with Gasteiger partial charge >= 0.3 is 0 Å². The van der Waals surface area contributed by atoms with Crippen LogP contribution in [0, 0.1) is 0 Å². The Balaban J connectivity index is 2.81. The van der Waals surface area contributed by atoms with Gasteiger partial charge in [0.1, 0.15) is 12.4 Å². The van der Waals surface area contributed by atoms with Crippen LogP contribution in [0.2, 0.25) is 0 Å². The summed E-state index contributed by atoms with van der Waals surface area (Å²) in [5.74, 6) is 0.376. The second kappa shape index (κ2) is 4.82. The number of carbonyl (C=O) groups excluding carboxylic acids is 1. The Kier molecular flexibility index (Phi) is 3.71. The minimum Gasteiger partial charge on any atom is -0.466 e. The predicted molar refractivity (Wildman–Crippen MR) is 48.6 cm³/mol. The van der Waals surface area contributed by atoms with E-state index in [1.807, 2.05) is 0 Å². The molecular weight excluding hydrogens is 168 g/mol. The molecule has 1 aromatic rings. The van der Waals surface area contributed by atoms with Crippen molar-refractivity contribution in [3.05, 3.63) is 23.2 Å². The lowest BCUT2D eigenvalue weighted by atomic mass is 10.1. The number of hydrogen-bond acceptors (Lipinski definition) is 3. The molecule has 0 spiro atoms. The highest BCUT2D eigenvalue weighted by Crippen LogP contribution is 2.17. The van der Waals surface area contributed by atoms with Crippen molar-refractivity contribution in [3.63, 3.8) is 0 Å². The number of rotatable bonds is 5. The van der Waals surface area contributed by atoms with Crippen molar-refractivity contribution in [1.29, 1.82) is 0 Å². The second-order valence-corrected chi connectivity index (χ2v) is 2.98. The molecule has 1 aromatic heterocycles. The molecule has 0 saturated heterocycles. The molecule has 0 aliphatic heterocycles. The molecule has 0 aliphatic rings. The molecule has 0 atom stereocenters. The molecule has 3 nitrogen and oxygen atoms in total. The number of carbonyl (C=O) groups is 1. The van der Waals surface area contributed by atoms with Crippen LogP contribution in [0.3, 0.4) is 0 Å². The first-order valence-corrected chi connectivity index (χ1v) is 4.48. The Morgan fingerprint density at radius 1 is 1.62 bits per heavy atom. The minimum absolute atomic E-state index is 0.208. The number of hydrogen-bond donors (Lipinski definition) is 1. The maximum Gasteiger partial charge on any atom is 0.153 e. The highest BCUT2D eigenvalue weighted by atomic mass is 16.4. The van der Waals surface area contributed by atoms with Gasteiger partial charge < -0.3 is 9.52 Å². The van der Waals surface area contributed by atoms with E-state index in [1.165, 1.54) is 0 Å². The van der Waals surface area contributed by atoms with E-state index in [0.29, 0.717) is 11.3 Å². The number of unbranched alkanes of at least 4 members (excludes halogenated alkanes) is 1. The van der Waals surface area contributed by atoms with E-state index in [0.717, 1.165) is 31.1 Å². The van der Waals surface area contributed by atoms with Crippen molar-refractivity contribution in [2.45, 2.75) is 32.8 Å². The average Bonchev–Trinajstić information content (AvgIpc) is 2.56. The third-order valence-electron chi connectivity index (χ3n) is 2.05. The normalized spacial score (nSPS) is 10.3. The molecule has 0 unspecified atom stereocenters. The van der Waals surface area contributed by atoms with Crippen LogP contribution in [-0.2, 0) is 13.0 Å². The van der Waals surface area contributed by atoms with Gasteiger partial charge in [0.05, 0.1) is 11.8 Å². The first kappa shape index (κ1) is 9.99. The molecule has 3 heteroatoms. The third kappa shape index (κ3) is 2.18. The first-order valence-electron chi connectivity index (χ1n) is 4.48. The molecule has 0 aliphatic carbocycles. The van der Waals surface area contributed by atoms with Crippen molar-refractivity contribution in [2.75, 3.05) is 0 Å². The van der Waals surface area contributed by atoms with E-state index >= 15 is 0 Å². The van der Waals surface area contributed by atoms with E-state index in [1.54, 1.807) is 6.26 Å². The van der Waals surface area contributed by atoms with Crippen LogP contribution in [0.15, 0.2) is 10.7 Å². The summed E-state index contributed by atoms with van der Waals surface area (Å²) in [6.07, 6.45) is 5.27. The molecule has 1 heterocycles. The summed E-state index contributed by atoms with van der Waals surface area (Å²) in [5.41, 5.74) is 1.43. The number of aldehydes is 1. The summed E-state index contributed by atoms with van der Waals surface area (Å²) >= 11 is 0. The number of aryl methyl sites for hydroxylation is 1. The number of aliphatic hydroxyl groups is 1. The van der Waals surface area contributed by atoms with Crippen molar-refractivity contribution in [2.24, 2.45) is 0 Å². The fraction of sp³-hybridized carbons (Fsp3) is 0.500.